The Morgan fingerprint density at radius 3 is 2.31 bits per heavy atom. The molecule has 26 heavy (non-hydrogen) atoms. The number of hydrogen-bond acceptors (Lipinski definition) is 3. The molecule has 1 atom stereocenters. The molecule has 0 radical (unpaired) electrons. The maximum absolute atomic E-state index is 11.8. The molecule has 0 heterocycles. The fourth-order valence-electron chi connectivity index (χ4n) is 3.54. The van der Waals surface area contributed by atoms with E-state index in [2.05, 4.69) is 6.07 Å². The van der Waals surface area contributed by atoms with Gasteiger partial charge >= 0.3 is 7.60 Å². The molecule has 0 saturated heterocycles. The lowest BCUT2D eigenvalue weighted by molar-refractivity contribution is -0.0385. The Morgan fingerprint density at radius 1 is 1.00 bits per heavy atom. The molecule has 4 rings (SSSR count). The van der Waals surface area contributed by atoms with E-state index in [0.717, 1.165) is 32.3 Å². The number of rotatable bonds is 5. The summed E-state index contributed by atoms with van der Waals surface area (Å²) in [6.07, 6.45) is -0.911. The van der Waals surface area contributed by atoms with Gasteiger partial charge in [-0.1, -0.05) is 42.5 Å². The van der Waals surface area contributed by atoms with Gasteiger partial charge in [0.25, 0.3) is 0 Å². The molecule has 0 amide bonds. The summed E-state index contributed by atoms with van der Waals surface area (Å²) in [5.74, 6) is 0.438. The zero-order valence-corrected chi connectivity index (χ0v) is 15.4. The first-order valence-electron chi connectivity index (χ1n) is 8.31. The maximum Gasteiger partial charge on any atom is 0.330 e. The summed E-state index contributed by atoms with van der Waals surface area (Å²) in [5.41, 5.74) is 0.507. The molecule has 5 nitrogen and oxygen atoms in total. The van der Waals surface area contributed by atoms with Crippen LogP contribution in [0, 0.1) is 0 Å². The van der Waals surface area contributed by atoms with Crippen LogP contribution in [0.1, 0.15) is 12.5 Å². The summed E-state index contributed by atoms with van der Waals surface area (Å²) in [6.45, 7) is 1.74. The summed E-state index contributed by atoms with van der Waals surface area (Å²) in [6, 6.07) is 15.9. The third-order valence-electron chi connectivity index (χ3n) is 4.71. The second kappa shape index (κ2) is 6.22. The van der Waals surface area contributed by atoms with E-state index in [1.165, 1.54) is 7.11 Å². The Bertz CT molecular complexity index is 1130. The van der Waals surface area contributed by atoms with E-state index >= 15 is 0 Å². The van der Waals surface area contributed by atoms with Crippen molar-refractivity contribution >= 4 is 39.9 Å². The number of methoxy groups -OCH3 is 1. The first-order valence-corrected chi connectivity index (χ1v) is 10.1. The van der Waals surface area contributed by atoms with E-state index in [1.54, 1.807) is 6.92 Å². The van der Waals surface area contributed by atoms with Gasteiger partial charge < -0.3 is 19.3 Å². The highest BCUT2D eigenvalue weighted by molar-refractivity contribution is 7.50. The first kappa shape index (κ1) is 17.3. The lowest BCUT2D eigenvalue weighted by Gasteiger charge is -2.20. The Kier molecular flexibility index (Phi) is 4.13. The Morgan fingerprint density at radius 2 is 1.65 bits per heavy atom. The summed E-state index contributed by atoms with van der Waals surface area (Å²) in [4.78, 5) is 19.2. The van der Waals surface area contributed by atoms with Crippen LogP contribution >= 0.6 is 7.60 Å². The quantitative estimate of drug-likeness (QED) is 0.304. The Hall–Kier alpha value is -2.17. The molecule has 6 heteroatoms. The van der Waals surface area contributed by atoms with Gasteiger partial charge in [0.15, 0.2) is 6.29 Å². The van der Waals surface area contributed by atoms with Gasteiger partial charge in [0, 0.05) is 12.7 Å². The summed E-state index contributed by atoms with van der Waals surface area (Å²) in [7, 11) is -2.75. The molecular formula is C20H19O5P. The standard InChI is InChI=1S/C20H19O5P/c1-12(24-2)25-18-10-15-7-6-13-4-3-5-14-8-9-16(20(15)19(13)14)17(18)11-26(21,22)23/h3-10,12H,11H2,1-2H3,(H2,21,22,23). The largest absolute Gasteiger partial charge is 0.465 e. The molecule has 134 valence electrons. The van der Waals surface area contributed by atoms with Crippen molar-refractivity contribution < 1.29 is 23.8 Å². The van der Waals surface area contributed by atoms with E-state index in [9.17, 15) is 14.4 Å². The average molecular weight is 370 g/mol. The van der Waals surface area contributed by atoms with Crippen molar-refractivity contribution in [1.29, 1.82) is 0 Å². The van der Waals surface area contributed by atoms with E-state index in [0.29, 0.717) is 11.3 Å². The molecule has 0 bridgehead atoms. The van der Waals surface area contributed by atoms with Crippen LogP contribution < -0.4 is 4.74 Å². The molecule has 4 aromatic carbocycles. The average Bonchev–Trinajstić information content (AvgIpc) is 2.60. The maximum atomic E-state index is 11.8. The van der Waals surface area contributed by atoms with E-state index < -0.39 is 13.9 Å². The van der Waals surface area contributed by atoms with Crippen LogP contribution in [0.15, 0.2) is 48.5 Å². The van der Waals surface area contributed by atoms with Crippen molar-refractivity contribution in [2.45, 2.75) is 19.4 Å². The second-order valence-electron chi connectivity index (χ2n) is 6.45. The fraction of sp³-hybridized carbons (Fsp3) is 0.200. The Balaban J connectivity index is 2.10. The van der Waals surface area contributed by atoms with Crippen molar-refractivity contribution in [3.63, 3.8) is 0 Å². The van der Waals surface area contributed by atoms with Crippen molar-refractivity contribution in [1.82, 2.24) is 0 Å². The van der Waals surface area contributed by atoms with E-state index in [4.69, 9.17) is 9.47 Å². The van der Waals surface area contributed by atoms with Crippen LogP contribution in [0.4, 0.5) is 0 Å². The van der Waals surface area contributed by atoms with Crippen LogP contribution in [0.2, 0.25) is 0 Å². The summed E-state index contributed by atoms with van der Waals surface area (Å²) >= 11 is 0. The highest BCUT2D eigenvalue weighted by atomic mass is 31.2. The molecule has 1 unspecified atom stereocenters. The number of hydrogen-bond donors (Lipinski definition) is 2. The van der Waals surface area contributed by atoms with Gasteiger partial charge in [0.1, 0.15) is 5.75 Å². The van der Waals surface area contributed by atoms with Gasteiger partial charge in [-0.05, 0) is 45.3 Å². The zero-order valence-electron chi connectivity index (χ0n) is 14.5. The molecule has 2 N–H and O–H groups in total. The molecule has 0 aliphatic rings. The SMILES string of the molecule is COC(C)Oc1cc2ccc3cccc4ccc(c1CP(=O)(O)O)c2c34. The molecule has 4 aromatic rings. The number of ether oxygens (including phenoxy) is 2. The number of benzene rings is 4. The minimum atomic E-state index is -4.28. The third-order valence-corrected chi connectivity index (χ3v) is 5.44. The first-order chi connectivity index (χ1) is 12.4. The highest BCUT2D eigenvalue weighted by Gasteiger charge is 2.23. The Labute approximate surface area is 150 Å². The van der Waals surface area contributed by atoms with Crippen molar-refractivity contribution in [3.8, 4) is 5.75 Å². The van der Waals surface area contributed by atoms with Gasteiger partial charge in [0.05, 0.1) is 6.16 Å². The van der Waals surface area contributed by atoms with Gasteiger partial charge in [0.2, 0.25) is 0 Å². The van der Waals surface area contributed by atoms with Gasteiger partial charge in [-0.25, -0.2) is 0 Å². The molecule has 0 spiro atoms. The van der Waals surface area contributed by atoms with Crippen molar-refractivity contribution in [3.05, 3.63) is 54.1 Å². The zero-order chi connectivity index (χ0) is 18.5. The summed E-state index contributed by atoms with van der Waals surface area (Å²) < 4.78 is 22.8. The molecule has 0 aromatic heterocycles. The monoisotopic (exact) mass is 370 g/mol. The summed E-state index contributed by atoms with van der Waals surface area (Å²) in [5, 5.41) is 6.07. The minimum absolute atomic E-state index is 0.382. The normalized spacial score (nSPS) is 13.7. The van der Waals surface area contributed by atoms with Crippen LogP contribution in [0.3, 0.4) is 0 Å². The molecular weight excluding hydrogens is 351 g/mol. The lowest BCUT2D eigenvalue weighted by atomic mass is 9.92. The smallest absolute Gasteiger partial charge is 0.330 e. The fourth-order valence-corrected chi connectivity index (χ4v) is 4.28. The van der Waals surface area contributed by atoms with Crippen LogP contribution in [0.25, 0.3) is 32.3 Å². The van der Waals surface area contributed by atoms with E-state index in [1.807, 2.05) is 42.5 Å². The highest BCUT2D eigenvalue weighted by Crippen LogP contribution is 2.47. The second-order valence-corrected chi connectivity index (χ2v) is 8.10. The van der Waals surface area contributed by atoms with Gasteiger partial charge in [-0.15, -0.1) is 0 Å². The van der Waals surface area contributed by atoms with Crippen LogP contribution in [0.5, 0.6) is 5.75 Å². The van der Waals surface area contributed by atoms with Crippen molar-refractivity contribution in [2.75, 3.05) is 7.11 Å². The van der Waals surface area contributed by atoms with Crippen LogP contribution in [-0.2, 0) is 15.5 Å². The molecule has 0 aliphatic heterocycles. The molecule has 0 saturated carbocycles. The topological polar surface area (TPSA) is 76.0 Å². The minimum Gasteiger partial charge on any atom is -0.465 e. The molecule has 0 fully saturated rings. The predicted molar refractivity (Wildman–Crippen MR) is 103 cm³/mol. The predicted octanol–water partition coefficient (Wildman–Crippen LogP) is 4.63. The van der Waals surface area contributed by atoms with E-state index in [-0.39, 0.29) is 6.16 Å². The van der Waals surface area contributed by atoms with Crippen molar-refractivity contribution in [2.24, 2.45) is 0 Å². The lowest BCUT2D eigenvalue weighted by Crippen LogP contribution is -2.15. The third kappa shape index (κ3) is 2.93. The van der Waals surface area contributed by atoms with Gasteiger partial charge in [-0.3, -0.25) is 4.57 Å². The molecule has 0 aliphatic carbocycles. The van der Waals surface area contributed by atoms with Crippen LogP contribution in [-0.4, -0.2) is 23.2 Å². The van der Waals surface area contributed by atoms with Gasteiger partial charge in [-0.2, -0.15) is 0 Å².